The van der Waals surface area contributed by atoms with Gasteiger partial charge in [-0.05, 0) is 41.6 Å². The number of aryl methyl sites for hydroxylation is 1. The molecule has 0 saturated heterocycles. The first kappa shape index (κ1) is 11.9. The van der Waals surface area contributed by atoms with Crippen LogP contribution < -0.4 is 0 Å². The van der Waals surface area contributed by atoms with Crippen molar-refractivity contribution in [3.05, 3.63) is 55.7 Å². The normalized spacial score (nSPS) is 12.8. The zero-order chi connectivity index (χ0) is 11.7. The topological polar surface area (TPSA) is 20.2 Å². The van der Waals surface area contributed by atoms with Crippen molar-refractivity contribution in [3.63, 3.8) is 0 Å². The van der Waals surface area contributed by atoms with E-state index < -0.39 is 6.10 Å². The third-order valence-electron chi connectivity index (χ3n) is 2.27. The highest BCUT2D eigenvalue weighted by molar-refractivity contribution is 7.10. The molecule has 4 heteroatoms. The number of aliphatic hydroxyl groups excluding tert-OH is 1. The molecule has 1 atom stereocenters. The van der Waals surface area contributed by atoms with Gasteiger partial charge in [-0.1, -0.05) is 29.3 Å². The molecule has 2 rings (SSSR count). The molecule has 84 valence electrons. The lowest BCUT2D eigenvalue weighted by Crippen LogP contribution is -1.98. The van der Waals surface area contributed by atoms with Crippen LogP contribution in [-0.2, 0) is 0 Å². The summed E-state index contributed by atoms with van der Waals surface area (Å²) in [6.07, 6.45) is -0.704. The first-order chi connectivity index (χ1) is 7.58. The summed E-state index contributed by atoms with van der Waals surface area (Å²) in [5.74, 6) is 0. The van der Waals surface area contributed by atoms with Crippen LogP contribution in [0.25, 0.3) is 0 Å². The first-order valence-corrected chi connectivity index (χ1v) is 6.39. The van der Waals surface area contributed by atoms with Crippen molar-refractivity contribution in [2.75, 3.05) is 0 Å². The summed E-state index contributed by atoms with van der Waals surface area (Å²) >= 11 is 13.4. The highest BCUT2D eigenvalue weighted by atomic mass is 35.5. The van der Waals surface area contributed by atoms with Crippen LogP contribution in [0, 0.1) is 6.92 Å². The maximum Gasteiger partial charge on any atom is 0.115 e. The monoisotopic (exact) mass is 272 g/mol. The summed E-state index contributed by atoms with van der Waals surface area (Å²) in [6, 6.07) is 7.30. The van der Waals surface area contributed by atoms with E-state index in [0.717, 1.165) is 16.0 Å². The minimum atomic E-state index is -0.704. The Morgan fingerprint density at radius 1 is 1.25 bits per heavy atom. The SMILES string of the molecule is Cc1cc(Cl)cc(C(O)c2sccc2Cl)c1. The van der Waals surface area contributed by atoms with Crippen molar-refractivity contribution in [2.45, 2.75) is 13.0 Å². The van der Waals surface area contributed by atoms with Crippen molar-refractivity contribution in [1.29, 1.82) is 0 Å². The van der Waals surface area contributed by atoms with Crippen LogP contribution in [0.15, 0.2) is 29.6 Å². The fraction of sp³-hybridized carbons (Fsp3) is 0.167. The summed E-state index contributed by atoms with van der Waals surface area (Å²) in [5, 5.41) is 13.3. The molecule has 0 aliphatic rings. The van der Waals surface area contributed by atoms with Gasteiger partial charge in [0.1, 0.15) is 6.10 Å². The second-order valence-electron chi connectivity index (χ2n) is 3.60. The van der Waals surface area contributed by atoms with Gasteiger partial charge in [0, 0.05) is 5.02 Å². The molecule has 1 aromatic carbocycles. The highest BCUT2D eigenvalue weighted by Gasteiger charge is 2.15. The molecule has 0 radical (unpaired) electrons. The second kappa shape index (κ2) is 4.76. The minimum Gasteiger partial charge on any atom is -0.383 e. The molecular weight excluding hydrogens is 263 g/mol. The van der Waals surface area contributed by atoms with Crippen LogP contribution in [0.1, 0.15) is 22.1 Å². The molecule has 0 spiro atoms. The Morgan fingerprint density at radius 2 is 2.00 bits per heavy atom. The number of hydrogen-bond donors (Lipinski definition) is 1. The van der Waals surface area contributed by atoms with Crippen LogP contribution in [0.5, 0.6) is 0 Å². The predicted octanol–water partition coefficient (Wildman–Crippen LogP) is 4.45. The van der Waals surface area contributed by atoms with Gasteiger partial charge in [-0.15, -0.1) is 11.3 Å². The number of aliphatic hydroxyl groups is 1. The van der Waals surface area contributed by atoms with Gasteiger partial charge in [-0.2, -0.15) is 0 Å². The van der Waals surface area contributed by atoms with E-state index in [1.807, 2.05) is 24.4 Å². The van der Waals surface area contributed by atoms with Crippen molar-refractivity contribution < 1.29 is 5.11 Å². The highest BCUT2D eigenvalue weighted by Crippen LogP contribution is 2.33. The van der Waals surface area contributed by atoms with E-state index >= 15 is 0 Å². The Hall–Kier alpha value is -0.540. The van der Waals surface area contributed by atoms with E-state index in [1.54, 1.807) is 12.1 Å². The zero-order valence-corrected chi connectivity index (χ0v) is 10.9. The van der Waals surface area contributed by atoms with Crippen LogP contribution in [0.2, 0.25) is 10.0 Å². The van der Waals surface area contributed by atoms with E-state index in [4.69, 9.17) is 23.2 Å². The Morgan fingerprint density at radius 3 is 2.56 bits per heavy atom. The van der Waals surface area contributed by atoms with Gasteiger partial charge in [0.25, 0.3) is 0 Å². The smallest absolute Gasteiger partial charge is 0.115 e. The standard InChI is InChI=1S/C12H10Cl2OS/c1-7-4-8(6-9(13)5-7)11(15)12-10(14)2-3-16-12/h2-6,11,15H,1H3. The molecule has 1 nitrogen and oxygen atoms in total. The van der Waals surface area contributed by atoms with Gasteiger partial charge in [-0.3, -0.25) is 0 Å². The Labute approximate surface area is 108 Å². The van der Waals surface area contributed by atoms with E-state index in [1.165, 1.54) is 11.3 Å². The summed E-state index contributed by atoms with van der Waals surface area (Å²) < 4.78 is 0. The molecule has 1 heterocycles. The first-order valence-electron chi connectivity index (χ1n) is 4.76. The minimum absolute atomic E-state index is 0.593. The molecule has 1 unspecified atom stereocenters. The largest absolute Gasteiger partial charge is 0.383 e. The lowest BCUT2D eigenvalue weighted by atomic mass is 10.1. The lowest BCUT2D eigenvalue weighted by molar-refractivity contribution is 0.224. The lowest BCUT2D eigenvalue weighted by Gasteiger charge is -2.11. The maximum absolute atomic E-state index is 10.2. The van der Waals surface area contributed by atoms with Crippen molar-refractivity contribution in [3.8, 4) is 0 Å². The molecule has 1 N–H and O–H groups in total. The Bertz CT molecular complexity index is 487. The molecule has 0 aliphatic heterocycles. The van der Waals surface area contributed by atoms with E-state index in [9.17, 15) is 5.11 Å². The van der Waals surface area contributed by atoms with Crippen molar-refractivity contribution >= 4 is 34.5 Å². The van der Waals surface area contributed by atoms with Crippen LogP contribution in [0.3, 0.4) is 0 Å². The average Bonchev–Trinajstić information content (AvgIpc) is 2.62. The van der Waals surface area contributed by atoms with Gasteiger partial charge in [-0.25, -0.2) is 0 Å². The average molecular weight is 273 g/mol. The fourth-order valence-corrected chi connectivity index (χ4v) is 3.04. The number of hydrogen-bond acceptors (Lipinski definition) is 2. The summed E-state index contributed by atoms with van der Waals surface area (Å²) in [4.78, 5) is 0.753. The van der Waals surface area contributed by atoms with E-state index in [0.29, 0.717) is 10.0 Å². The Kier molecular flexibility index (Phi) is 3.55. The third-order valence-corrected chi connectivity index (χ3v) is 3.90. The molecule has 0 aliphatic carbocycles. The molecule has 16 heavy (non-hydrogen) atoms. The Balaban J connectivity index is 2.41. The van der Waals surface area contributed by atoms with Gasteiger partial charge in [0.15, 0.2) is 0 Å². The third kappa shape index (κ3) is 2.41. The van der Waals surface area contributed by atoms with E-state index in [2.05, 4.69) is 0 Å². The molecule has 0 amide bonds. The predicted molar refractivity (Wildman–Crippen MR) is 69.6 cm³/mol. The molecule has 0 bridgehead atoms. The fourth-order valence-electron chi connectivity index (χ4n) is 1.57. The van der Waals surface area contributed by atoms with Gasteiger partial charge in [0.2, 0.25) is 0 Å². The van der Waals surface area contributed by atoms with Crippen LogP contribution >= 0.6 is 34.5 Å². The quantitative estimate of drug-likeness (QED) is 0.857. The van der Waals surface area contributed by atoms with Crippen LogP contribution in [-0.4, -0.2) is 5.11 Å². The number of benzene rings is 1. The summed E-state index contributed by atoms with van der Waals surface area (Å²) in [5.41, 5.74) is 1.79. The number of halogens is 2. The van der Waals surface area contributed by atoms with Gasteiger partial charge in [0.05, 0.1) is 9.90 Å². The molecule has 2 aromatic rings. The van der Waals surface area contributed by atoms with E-state index in [-0.39, 0.29) is 0 Å². The van der Waals surface area contributed by atoms with Crippen molar-refractivity contribution in [2.24, 2.45) is 0 Å². The second-order valence-corrected chi connectivity index (χ2v) is 5.39. The summed E-state index contributed by atoms with van der Waals surface area (Å²) in [7, 11) is 0. The van der Waals surface area contributed by atoms with Crippen LogP contribution in [0.4, 0.5) is 0 Å². The summed E-state index contributed by atoms with van der Waals surface area (Å²) in [6.45, 7) is 1.94. The molecule has 1 aromatic heterocycles. The zero-order valence-electron chi connectivity index (χ0n) is 8.58. The molecule has 0 saturated carbocycles. The van der Waals surface area contributed by atoms with Crippen molar-refractivity contribution in [1.82, 2.24) is 0 Å². The maximum atomic E-state index is 10.2. The van der Waals surface area contributed by atoms with Gasteiger partial charge >= 0.3 is 0 Å². The molecular formula is C12H10Cl2OS. The molecule has 0 fully saturated rings. The number of thiophene rings is 1. The number of rotatable bonds is 2. The van der Waals surface area contributed by atoms with Gasteiger partial charge < -0.3 is 5.11 Å².